The smallest absolute Gasteiger partial charge is 0.200 e. The quantitative estimate of drug-likeness (QED) is 0.197. The van der Waals surface area contributed by atoms with Crippen molar-refractivity contribution in [3.63, 3.8) is 0 Å². The number of benzene rings is 3. The van der Waals surface area contributed by atoms with Crippen LogP contribution in [0.3, 0.4) is 0 Å². The van der Waals surface area contributed by atoms with Gasteiger partial charge in [0.25, 0.3) is 0 Å². The Hall–Kier alpha value is -3.22. The molecule has 4 rings (SSSR count). The molecule has 1 aliphatic rings. The minimum Gasteiger partial charge on any atom is -0.490 e. The van der Waals surface area contributed by atoms with Crippen LogP contribution in [0.4, 0.5) is 26.3 Å². The number of hydrogen-bond acceptors (Lipinski definition) is 1. The second-order valence-corrected chi connectivity index (χ2v) is 9.75. The maximum absolute atomic E-state index is 15.0. The summed E-state index contributed by atoms with van der Waals surface area (Å²) in [6, 6.07) is 8.79. The first-order valence-corrected chi connectivity index (χ1v) is 12.9. The molecular weight excluding hydrogens is 502 g/mol. The molecule has 0 fully saturated rings. The van der Waals surface area contributed by atoms with Crippen LogP contribution in [0, 0.1) is 41.8 Å². The maximum Gasteiger partial charge on any atom is 0.200 e. The van der Waals surface area contributed by atoms with Gasteiger partial charge in [0.2, 0.25) is 5.82 Å². The monoisotopic (exact) mass is 532 g/mol. The maximum atomic E-state index is 15.0. The van der Waals surface area contributed by atoms with Crippen molar-refractivity contribution in [3.8, 4) is 5.75 Å². The third kappa shape index (κ3) is 5.77. The van der Waals surface area contributed by atoms with E-state index in [0.29, 0.717) is 31.3 Å². The van der Waals surface area contributed by atoms with Crippen molar-refractivity contribution in [1.29, 1.82) is 0 Å². The lowest BCUT2D eigenvalue weighted by molar-refractivity contribution is 0.288. The van der Waals surface area contributed by atoms with Gasteiger partial charge >= 0.3 is 0 Å². The van der Waals surface area contributed by atoms with E-state index in [1.165, 1.54) is 37.3 Å². The summed E-state index contributed by atoms with van der Waals surface area (Å²) in [6.07, 6.45) is 4.50. The normalized spacial score (nSPS) is 15.5. The number of rotatable bonds is 9. The first-order chi connectivity index (χ1) is 18.2. The molecule has 0 spiro atoms. The zero-order chi connectivity index (χ0) is 27.4. The van der Waals surface area contributed by atoms with E-state index in [9.17, 15) is 22.0 Å². The fraction of sp³-hybridized carbons (Fsp3) is 0.355. The van der Waals surface area contributed by atoms with Gasteiger partial charge in [0.05, 0.1) is 6.61 Å². The Labute approximate surface area is 219 Å². The van der Waals surface area contributed by atoms with Gasteiger partial charge in [0.1, 0.15) is 0 Å². The van der Waals surface area contributed by atoms with E-state index in [4.69, 9.17) is 4.74 Å². The number of hydrogen-bond donors (Lipinski definition) is 0. The molecular formula is C31H30F6O. The third-order valence-electron chi connectivity index (χ3n) is 7.21. The summed E-state index contributed by atoms with van der Waals surface area (Å²) >= 11 is 0. The fourth-order valence-corrected chi connectivity index (χ4v) is 4.84. The SMILES string of the molecule is CCCCOc1ccc(CCc2ccc(C3=CCC(c4ccc(C)c(F)c4F)CC3)c(F)c2F)c(F)c1F. The predicted molar refractivity (Wildman–Crippen MR) is 136 cm³/mol. The summed E-state index contributed by atoms with van der Waals surface area (Å²) in [5, 5.41) is 0. The Morgan fingerprint density at radius 3 is 2.11 bits per heavy atom. The lowest BCUT2D eigenvalue weighted by Gasteiger charge is -2.24. The summed E-state index contributed by atoms with van der Waals surface area (Å²) in [5.74, 6) is -6.31. The van der Waals surface area contributed by atoms with Crippen LogP contribution in [0.25, 0.3) is 5.57 Å². The average molecular weight is 533 g/mol. The summed E-state index contributed by atoms with van der Waals surface area (Å²) in [4.78, 5) is 0. The lowest BCUT2D eigenvalue weighted by atomic mass is 9.82. The highest BCUT2D eigenvalue weighted by Gasteiger charge is 2.25. The Balaban J connectivity index is 1.45. The van der Waals surface area contributed by atoms with Crippen molar-refractivity contribution in [1.82, 2.24) is 0 Å². The first-order valence-electron chi connectivity index (χ1n) is 12.9. The summed E-state index contributed by atoms with van der Waals surface area (Å²) in [7, 11) is 0. The highest BCUT2D eigenvalue weighted by Crippen LogP contribution is 2.39. The van der Waals surface area contributed by atoms with Gasteiger partial charge in [-0.1, -0.05) is 49.8 Å². The number of halogens is 6. The van der Waals surface area contributed by atoms with Crippen molar-refractivity contribution < 1.29 is 31.1 Å². The third-order valence-corrected chi connectivity index (χ3v) is 7.21. The molecule has 1 nitrogen and oxygen atoms in total. The summed E-state index contributed by atoms with van der Waals surface area (Å²) in [6.45, 7) is 3.73. The number of unbranched alkanes of at least 4 members (excludes halogenated alkanes) is 1. The van der Waals surface area contributed by atoms with Crippen LogP contribution < -0.4 is 4.74 Å². The van der Waals surface area contributed by atoms with Gasteiger partial charge in [-0.3, -0.25) is 0 Å². The predicted octanol–water partition coefficient (Wildman–Crippen LogP) is 9.14. The van der Waals surface area contributed by atoms with Crippen LogP contribution in [0.1, 0.15) is 72.8 Å². The van der Waals surface area contributed by atoms with Gasteiger partial charge in [0.15, 0.2) is 34.8 Å². The molecule has 1 atom stereocenters. The molecule has 0 saturated carbocycles. The molecule has 38 heavy (non-hydrogen) atoms. The van der Waals surface area contributed by atoms with Crippen molar-refractivity contribution >= 4 is 5.57 Å². The summed E-state index contributed by atoms with van der Waals surface area (Å²) < 4.78 is 92.4. The fourth-order valence-electron chi connectivity index (χ4n) is 4.84. The van der Waals surface area contributed by atoms with Crippen molar-refractivity contribution in [2.45, 2.75) is 64.7 Å². The van der Waals surface area contributed by atoms with E-state index in [0.717, 1.165) is 6.42 Å². The summed E-state index contributed by atoms with van der Waals surface area (Å²) in [5.41, 5.74) is 1.35. The molecule has 0 radical (unpaired) electrons. The van der Waals surface area contributed by atoms with Crippen LogP contribution >= 0.6 is 0 Å². The standard InChI is InChI=1S/C31H30F6O/c1-3-4-17-38-25-16-13-22(28(34)31(25)37)11-10-21-12-15-24(30(36)27(21)33)20-8-6-19(7-9-20)23-14-5-18(2)26(32)29(23)35/h5,8,12-16,19H,3-4,6-7,9-11,17H2,1-2H3. The Kier molecular flexibility index (Phi) is 8.85. The zero-order valence-corrected chi connectivity index (χ0v) is 21.5. The molecule has 0 bridgehead atoms. The highest BCUT2D eigenvalue weighted by molar-refractivity contribution is 5.67. The topological polar surface area (TPSA) is 9.23 Å². The van der Waals surface area contributed by atoms with Gasteiger partial charge in [0, 0.05) is 5.56 Å². The lowest BCUT2D eigenvalue weighted by Crippen LogP contribution is -2.09. The van der Waals surface area contributed by atoms with Gasteiger partial charge in [-0.2, -0.15) is 4.39 Å². The molecule has 202 valence electrons. The first kappa shape index (κ1) is 27.8. The molecule has 1 unspecified atom stereocenters. The largest absolute Gasteiger partial charge is 0.490 e. The number of allylic oxidation sites excluding steroid dienone is 2. The Morgan fingerprint density at radius 2 is 1.45 bits per heavy atom. The van der Waals surface area contributed by atoms with E-state index >= 15 is 4.39 Å². The Morgan fingerprint density at radius 1 is 0.763 bits per heavy atom. The Bertz CT molecular complexity index is 1350. The minimum atomic E-state index is -1.09. The van der Waals surface area contributed by atoms with Crippen molar-refractivity contribution in [3.05, 3.63) is 105 Å². The molecule has 0 saturated heterocycles. The molecule has 1 aliphatic carbocycles. The zero-order valence-electron chi connectivity index (χ0n) is 21.5. The molecule has 0 heterocycles. The van der Waals surface area contributed by atoms with Crippen LogP contribution in [0.15, 0.2) is 42.5 Å². The van der Waals surface area contributed by atoms with Crippen molar-refractivity contribution in [2.75, 3.05) is 6.61 Å². The van der Waals surface area contributed by atoms with Crippen molar-refractivity contribution in [2.24, 2.45) is 0 Å². The van der Waals surface area contributed by atoms with Gasteiger partial charge in [-0.05, 0) is 85.3 Å². The molecule has 0 aliphatic heterocycles. The molecule has 0 amide bonds. The molecule has 7 heteroatoms. The number of aryl methyl sites for hydroxylation is 3. The molecule has 3 aromatic rings. The van der Waals surface area contributed by atoms with Crippen LogP contribution in [0.5, 0.6) is 5.75 Å². The average Bonchev–Trinajstić information content (AvgIpc) is 2.92. The highest BCUT2D eigenvalue weighted by atomic mass is 19.2. The molecule has 0 aromatic heterocycles. The van der Waals surface area contributed by atoms with Gasteiger partial charge < -0.3 is 4.74 Å². The molecule has 0 N–H and O–H groups in total. The van der Waals surface area contributed by atoms with Crippen LogP contribution in [0.2, 0.25) is 0 Å². The second-order valence-electron chi connectivity index (χ2n) is 9.75. The van der Waals surface area contributed by atoms with Crippen LogP contribution in [-0.4, -0.2) is 6.61 Å². The minimum absolute atomic E-state index is 0.0171. The van der Waals surface area contributed by atoms with E-state index < -0.39 is 34.9 Å². The van der Waals surface area contributed by atoms with E-state index in [1.54, 1.807) is 12.1 Å². The molecule has 3 aromatic carbocycles. The number of ether oxygens (including phenoxy) is 1. The second kappa shape index (κ2) is 12.1. The van der Waals surface area contributed by atoms with Crippen LogP contribution in [-0.2, 0) is 12.8 Å². The van der Waals surface area contributed by atoms with E-state index in [2.05, 4.69) is 0 Å². The van der Waals surface area contributed by atoms with E-state index in [-0.39, 0.29) is 58.9 Å². The van der Waals surface area contributed by atoms with E-state index in [1.807, 2.05) is 6.92 Å². The van der Waals surface area contributed by atoms with Gasteiger partial charge in [-0.15, -0.1) is 0 Å². The van der Waals surface area contributed by atoms with Gasteiger partial charge in [-0.25, -0.2) is 22.0 Å².